The van der Waals surface area contributed by atoms with Crippen LogP contribution in [0.4, 0.5) is 0 Å². The molecule has 1 nitrogen and oxygen atoms in total. The first kappa shape index (κ1) is 8.51. The molecule has 0 aliphatic heterocycles. The van der Waals surface area contributed by atoms with E-state index in [2.05, 4.69) is 5.73 Å². The standard InChI is InChI=1S/C11H10O/c1-10(9-12)7-8-11-5-3-2-4-6-11/h2-6,8-9H,1H3. The summed E-state index contributed by atoms with van der Waals surface area (Å²) >= 11 is 0. The van der Waals surface area contributed by atoms with Crippen molar-refractivity contribution in [3.8, 4) is 0 Å². The van der Waals surface area contributed by atoms with Crippen LogP contribution < -0.4 is 0 Å². The smallest absolute Gasteiger partial charge is 0.153 e. The first-order valence-electron chi connectivity index (χ1n) is 3.76. The Hall–Kier alpha value is -1.59. The van der Waals surface area contributed by atoms with Crippen molar-refractivity contribution >= 4 is 12.4 Å². The Morgan fingerprint density at radius 3 is 2.58 bits per heavy atom. The van der Waals surface area contributed by atoms with Gasteiger partial charge in [-0.1, -0.05) is 30.3 Å². The van der Waals surface area contributed by atoms with Gasteiger partial charge in [0.15, 0.2) is 6.29 Å². The van der Waals surface area contributed by atoms with Gasteiger partial charge in [0.05, 0.1) is 0 Å². The van der Waals surface area contributed by atoms with Crippen LogP contribution in [-0.2, 0) is 4.79 Å². The van der Waals surface area contributed by atoms with Gasteiger partial charge in [-0.2, -0.15) is 0 Å². The third-order valence-electron chi connectivity index (χ3n) is 1.44. The van der Waals surface area contributed by atoms with Gasteiger partial charge in [-0.15, -0.1) is 5.73 Å². The van der Waals surface area contributed by atoms with E-state index in [1.165, 1.54) is 0 Å². The SMILES string of the molecule is CC(=C=Cc1ccccc1)C=O. The van der Waals surface area contributed by atoms with Crippen molar-refractivity contribution < 1.29 is 4.79 Å². The van der Waals surface area contributed by atoms with Gasteiger partial charge < -0.3 is 0 Å². The molecular weight excluding hydrogens is 148 g/mol. The van der Waals surface area contributed by atoms with Gasteiger partial charge in [0, 0.05) is 5.57 Å². The molecule has 0 spiro atoms. The predicted octanol–water partition coefficient (Wildman–Crippen LogP) is 2.44. The largest absolute Gasteiger partial charge is 0.298 e. The van der Waals surface area contributed by atoms with E-state index in [0.717, 1.165) is 11.8 Å². The van der Waals surface area contributed by atoms with Crippen LogP contribution in [0.15, 0.2) is 41.6 Å². The van der Waals surface area contributed by atoms with Crippen LogP contribution in [0.3, 0.4) is 0 Å². The molecule has 0 fully saturated rings. The molecule has 12 heavy (non-hydrogen) atoms. The van der Waals surface area contributed by atoms with Crippen molar-refractivity contribution in [3.63, 3.8) is 0 Å². The van der Waals surface area contributed by atoms with E-state index in [1.807, 2.05) is 30.3 Å². The van der Waals surface area contributed by atoms with Crippen molar-refractivity contribution in [2.75, 3.05) is 0 Å². The number of carbonyl (C=O) groups is 1. The molecular formula is C11H10O. The lowest BCUT2D eigenvalue weighted by molar-refractivity contribution is -0.104. The molecule has 0 aliphatic carbocycles. The number of hydrogen-bond donors (Lipinski definition) is 0. The van der Waals surface area contributed by atoms with Gasteiger partial charge in [0.2, 0.25) is 0 Å². The van der Waals surface area contributed by atoms with E-state index in [0.29, 0.717) is 5.57 Å². The molecule has 1 rings (SSSR count). The number of aldehydes is 1. The minimum absolute atomic E-state index is 0.610. The fraction of sp³-hybridized carbons (Fsp3) is 0.0909. The monoisotopic (exact) mass is 158 g/mol. The number of carbonyl (C=O) groups excluding carboxylic acids is 1. The molecule has 0 radical (unpaired) electrons. The zero-order chi connectivity index (χ0) is 8.81. The van der Waals surface area contributed by atoms with E-state index >= 15 is 0 Å². The number of benzene rings is 1. The van der Waals surface area contributed by atoms with Crippen molar-refractivity contribution in [3.05, 3.63) is 47.2 Å². The summed E-state index contributed by atoms with van der Waals surface area (Å²) in [4.78, 5) is 10.2. The fourth-order valence-electron chi connectivity index (χ4n) is 0.780. The second-order valence-electron chi connectivity index (χ2n) is 2.50. The molecule has 0 unspecified atom stereocenters. The minimum Gasteiger partial charge on any atom is -0.298 e. The molecule has 0 heterocycles. The van der Waals surface area contributed by atoms with Gasteiger partial charge in [0.1, 0.15) is 0 Å². The maximum absolute atomic E-state index is 10.2. The average molecular weight is 158 g/mol. The molecule has 60 valence electrons. The van der Waals surface area contributed by atoms with Crippen LogP contribution in [0.1, 0.15) is 12.5 Å². The minimum atomic E-state index is 0.610. The maximum atomic E-state index is 10.2. The average Bonchev–Trinajstić information content (AvgIpc) is 2.16. The molecule has 1 aromatic rings. The highest BCUT2D eigenvalue weighted by Crippen LogP contribution is 1.99. The van der Waals surface area contributed by atoms with Crippen LogP contribution >= 0.6 is 0 Å². The van der Waals surface area contributed by atoms with Crippen molar-refractivity contribution in [2.24, 2.45) is 0 Å². The highest BCUT2D eigenvalue weighted by Gasteiger charge is 1.81. The number of rotatable bonds is 2. The normalized spacial score (nSPS) is 8.42. The van der Waals surface area contributed by atoms with Gasteiger partial charge in [-0.3, -0.25) is 4.79 Å². The third kappa shape index (κ3) is 2.57. The van der Waals surface area contributed by atoms with E-state index in [-0.39, 0.29) is 0 Å². The molecule has 0 saturated heterocycles. The Kier molecular flexibility index (Phi) is 3.06. The van der Waals surface area contributed by atoms with Gasteiger partial charge in [-0.25, -0.2) is 0 Å². The zero-order valence-corrected chi connectivity index (χ0v) is 6.95. The summed E-state index contributed by atoms with van der Waals surface area (Å²) in [7, 11) is 0. The van der Waals surface area contributed by atoms with Crippen LogP contribution in [0.5, 0.6) is 0 Å². The molecule has 1 aromatic carbocycles. The molecule has 0 saturated carbocycles. The van der Waals surface area contributed by atoms with Crippen LogP contribution in [0, 0.1) is 0 Å². The molecule has 0 amide bonds. The van der Waals surface area contributed by atoms with E-state index in [1.54, 1.807) is 13.0 Å². The lowest BCUT2D eigenvalue weighted by Gasteiger charge is -1.86. The highest BCUT2D eigenvalue weighted by atomic mass is 16.1. The Bertz CT molecular complexity index is 316. The Morgan fingerprint density at radius 1 is 1.33 bits per heavy atom. The summed E-state index contributed by atoms with van der Waals surface area (Å²) in [6.45, 7) is 1.73. The van der Waals surface area contributed by atoms with Crippen LogP contribution in [0.2, 0.25) is 0 Å². The summed E-state index contributed by atoms with van der Waals surface area (Å²) in [6, 6.07) is 9.78. The Morgan fingerprint density at radius 2 is 2.00 bits per heavy atom. The second kappa shape index (κ2) is 4.32. The summed E-state index contributed by atoms with van der Waals surface area (Å²) in [5.74, 6) is 0. The number of allylic oxidation sites excluding steroid dienone is 1. The second-order valence-corrected chi connectivity index (χ2v) is 2.50. The molecule has 0 aliphatic rings. The first-order valence-corrected chi connectivity index (χ1v) is 3.76. The van der Waals surface area contributed by atoms with Crippen molar-refractivity contribution in [1.82, 2.24) is 0 Å². The van der Waals surface area contributed by atoms with Gasteiger partial charge >= 0.3 is 0 Å². The Labute approximate surface area is 72.0 Å². The molecule has 0 atom stereocenters. The van der Waals surface area contributed by atoms with Gasteiger partial charge in [-0.05, 0) is 18.6 Å². The summed E-state index contributed by atoms with van der Waals surface area (Å²) in [6.07, 6.45) is 2.59. The maximum Gasteiger partial charge on any atom is 0.153 e. The molecule has 0 aromatic heterocycles. The van der Waals surface area contributed by atoms with E-state index < -0.39 is 0 Å². The summed E-state index contributed by atoms with van der Waals surface area (Å²) in [5.41, 5.74) is 4.54. The van der Waals surface area contributed by atoms with E-state index in [9.17, 15) is 4.79 Å². The summed E-state index contributed by atoms with van der Waals surface area (Å²) < 4.78 is 0. The third-order valence-corrected chi connectivity index (χ3v) is 1.44. The highest BCUT2D eigenvalue weighted by molar-refractivity contribution is 5.73. The lowest BCUT2D eigenvalue weighted by atomic mass is 10.2. The summed E-state index contributed by atoms with van der Waals surface area (Å²) in [5, 5.41) is 0. The van der Waals surface area contributed by atoms with Crippen molar-refractivity contribution in [2.45, 2.75) is 6.92 Å². The molecule has 0 bridgehead atoms. The lowest BCUT2D eigenvalue weighted by Crippen LogP contribution is -1.71. The van der Waals surface area contributed by atoms with E-state index in [4.69, 9.17) is 0 Å². The van der Waals surface area contributed by atoms with Crippen LogP contribution in [-0.4, -0.2) is 6.29 Å². The topological polar surface area (TPSA) is 17.1 Å². The molecule has 1 heteroatoms. The first-order chi connectivity index (χ1) is 5.83. The Balaban J connectivity index is 2.90. The number of hydrogen-bond acceptors (Lipinski definition) is 1. The van der Waals surface area contributed by atoms with Gasteiger partial charge in [0.25, 0.3) is 0 Å². The quantitative estimate of drug-likeness (QED) is 0.367. The van der Waals surface area contributed by atoms with Crippen molar-refractivity contribution in [1.29, 1.82) is 0 Å². The fourth-order valence-corrected chi connectivity index (χ4v) is 0.780. The zero-order valence-electron chi connectivity index (χ0n) is 6.95. The predicted molar refractivity (Wildman–Crippen MR) is 49.7 cm³/mol. The molecule has 0 N–H and O–H groups in total. The van der Waals surface area contributed by atoms with Crippen LogP contribution in [0.25, 0.3) is 6.08 Å².